The molecule has 0 aliphatic rings. The molecule has 1 aromatic heterocycles. The van der Waals surface area contributed by atoms with E-state index in [2.05, 4.69) is 16.0 Å². The molecule has 0 bridgehead atoms. The Kier molecular flexibility index (Phi) is 4.83. The van der Waals surface area contributed by atoms with Gasteiger partial charge in [-0.15, -0.1) is 0 Å². The number of rotatable bonds is 5. The molecule has 2 rings (SSSR count). The molecule has 0 saturated heterocycles. The second-order valence-corrected chi connectivity index (χ2v) is 4.80. The highest BCUT2D eigenvalue weighted by Crippen LogP contribution is 2.15. The monoisotopic (exact) mass is 267 g/mol. The van der Waals surface area contributed by atoms with Gasteiger partial charge in [-0.1, -0.05) is 12.1 Å². The van der Waals surface area contributed by atoms with Gasteiger partial charge < -0.3 is 5.11 Å². The van der Waals surface area contributed by atoms with Crippen molar-refractivity contribution in [3.8, 4) is 6.07 Å². The van der Waals surface area contributed by atoms with Gasteiger partial charge in [-0.25, -0.2) is 0 Å². The van der Waals surface area contributed by atoms with E-state index in [-0.39, 0.29) is 0 Å². The van der Waals surface area contributed by atoms with Crippen LogP contribution >= 0.6 is 0 Å². The fraction of sp³-hybridized carbons (Fsp3) is 0.250. The summed E-state index contributed by atoms with van der Waals surface area (Å²) in [5, 5.41) is 18.9. The van der Waals surface area contributed by atoms with E-state index in [0.29, 0.717) is 12.1 Å². The number of aromatic nitrogens is 1. The maximum Gasteiger partial charge on any atom is 0.0991 e. The van der Waals surface area contributed by atoms with Crippen molar-refractivity contribution in [1.29, 1.82) is 5.26 Å². The van der Waals surface area contributed by atoms with Gasteiger partial charge in [-0.2, -0.15) is 5.26 Å². The number of hydrogen-bond donors (Lipinski definition) is 1. The van der Waals surface area contributed by atoms with Gasteiger partial charge in [0.1, 0.15) is 0 Å². The van der Waals surface area contributed by atoms with Crippen LogP contribution in [0.5, 0.6) is 0 Å². The van der Waals surface area contributed by atoms with E-state index >= 15 is 0 Å². The van der Waals surface area contributed by atoms with E-state index in [1.165, 1.54) is 0 Å². The van der Waals surface area contributed by atoms with E-state index in [1.807, 2.05) is 19.2 Å². The molecule has 102 valence electrons. The van der Waals surface area contributed by atoms with Crippen molar-refractivity contribution in [2.24, 2.45) is 0 Å². The summed E-state index contributed by atoms with van der Waals surface area (Å²) in [7, 11) is 1.97. The number of aliphatic hydroxyl groups is 1. The van der Waals surface area contributed by atoms with Crippen LogP contribution in [0.15, 0.2) is 48.8 Å². The second kappa shape index (κ2) is 6.80. The van der Waals surface area contributed by atoms with Gasteiger partial charge in [-0.3, -0.25) is 9.88 Å². The van der Waals surface area contributed by atoms with Crippen LogP contribution in [0.2, 0.25) is 0 Å². The Morgan fingerprint density at radius 1 is 1.20 bits per heavy atom. The third kappa shape index (κ3) is 3.89. The zero-order valence-corrected chi connectivity index (χ0v) is 11.4. The minimum atomic E-state index is -0.561. The Labute approximate surface area is 118 Å². The lowest BCUT2D eigenvalue weighted by atomic mass is 10.1. The first-order valence-electron chi connectivity index (χ1n) is 6.44. The van der Waals surface area contributed by atoms with Gasteiger partial charge in [0.05, 0.1) is 17.7 Å². The predicted octanol–water partition coefficient (Wildman–Crippen LogP) is 2.12. The van der Waals surface area contributed by atoms with Crippen molar-refractivity contribution in [3.63, 3.8) is 0 Å². The first-order chi connectivity index (χ1) is 9.69. The molecule has 0 fully saturated rings. The Balaban J connectivity index is 1.93. The van der Waals surface area contributed by atoms with E-state index in [1.54, 1.807) is 36.7 Å². The van der Waals surface area contributed by atoms with Gasteiger partial charge in [0, 0.05) is 25.5 Å². The molecular formula is C16H17N3O. The first-order valence-corrected chi connectivity index (χ1v) is 6.44. The summed E-state index contributed by atoms with van der Waals surface area (Å²) in [6.07, 6.45) is 2.97. The van der Waals surface area contributed by atoms with Gasteiger partial charge in [0.2, 0.25) is 0 Å². The van der Waals surface area contributed by atoms with Gasteiger partial charge >= 0.3 is 0 Å². The van der Waals surface area contributed by atoms with Crippen LogP contribution in [0.4, 0.5) is 0 Å². The maximum atomic E-state index is 10.2. The molecule has 0 spiro atoms. The summed E-state index contributed by atoms with van der Waals surface area (Å²) in [6, 6.07) is 13.0. The predicted molar refractivity (Wildman–Crippen MR) is 76.7 cm³/mol. The van der Waals surface area contributed by atoms with Crippen molar-refractivity contribution in [2.45, 2.75) is 12.6 Å². The van der Waals surface area contributed by atoms with E-state index in [4.69, 9.17) is 5.26 Å². The van der Waals surface area contributed by atoms with E-state index < -0.39 is 6.10 Å². The summed E-state index contributed by atoms with van der Waals surface area (Å²) in [5.41, 5.74) is 2.59. The fourth-order valence-corrected chi connectivity index (χ4v) is 2.04. The molecule has 0 aliphatic heterocycles. The summed E-state index contributed by atoms with van der Waals surface area (Å²) in [5.74, 6) is 0. The van der Waals surface area contributed by atoms with Crippen LogP contribution in [0.1, 0.15) is 22.8 Å². The quantitative estimate of drug-likeness (QED) is 0.901. The van der Waals surface area contributed by atoms with Crippen molar-refractivity contribution >= 4 is 0 Å². The topological polar surface area (TPSA) is 60.1 Å². The molecule has 0 radical (unpaired) electrons. The molecule has 0 saturated carbocycles. The standard InChI is InChI=1S/C16H17N3O/c1-19(11-14-6-8-18-9-7-14)12-16(20)15-4-2-13(10-17)3-5-15/h2-9,16,20H,11-12H2,1H3. The number of benzene rings is 1. The molecule has 1 unspecified atom stereocenters. The minimum Gasteiger partial charge on any atom is -0.387 e. The van der Waals surface area contributed by atoms with Gasteiger partial charge in [-0.05, 0) is 42.4 Å². The molecule has 1 aromatic carbocycles. The molecule has 1 heterocycles. The third-order valence-electron chi connectivity index (χ3n) is 3.11. The number of likely N-dealkylation sites (N-methyl/N-ethyl adjacent to an activating group) is 1. The van der Waals surface area contributed by atoms with Crippen LogP contribution < -0.4 is 0 Å². The third-order valence-corrected chi connectivity index (χ3v) is 3.11. The Bertz CT molecular complexity index is 575. The highest BCUT2D eigenvalue weighted by molar-refractivity contribution is 5.32. The minimum absolute atomic E-state index is 0.536. The number of pyridine rings is 1. The average Bonchev–Trinajstić information content (AvgIpc) is 2.48. The maximum absolute atomic E-state index is 10.2. The number of aliphatic hydroxyl groups excluding tert-OH is 1. The van der Waals surface area contributed by atoms with E-state index in [0.717, 1.165) is 17.7 Å². The van der Waals surface area contributed by atoms with Crippen LogP contribution in [0, 0.1) is 11.3 Å². The molecule has 1 atom stereocenters. The van der Waals surface area contributed by atoms with Crippen molar-refractivity contribution in [1.82, 2.24) is 9.88 Å². The summed E-state index contributed by atoms with van der Waals surface area (Å²) >= 11 is 0. The Hall–Kier alpha value is -2.22. The molecular weight excluding hydrogens is 250 g/mol. The zero-order valence-electron chi connectivity index (χ0n) is 11.4. The Morgan fingerprint density at radius 3 is 2.45 bits per heavy atom. The lowest BCUT2D eigenvalue weighted by Gasteiger charge is -2.20. The summed E-state index contributed by atoms with van der Waals surface area (Å²) in [4.78, 5) is 6.04. The molecule has 0 amide bonds. The SMILES string of the molecule is CN(Cc1ccncc1)CC(O)c1ccc(C#N)cc1. The van der Waals surface area contributed by atoms with Crippen LogP contribution in [0.25, 0.3) is 0 Å². The molecule has 4 heteroatoms. The van der Waals surface area contributed by atoms with Crippen molar-refractivity contribution in [3.05, 3.63) is 65.5 Å². The molecule has 20 heavy (non-hydrogen) atoms. The lowest BCUT2D eigenvalue weighted by Crippen LogP contribution is -2.24. The van der Waals surface area contributed by atoms with E-state index in [9.17, 15) is 5.11 Å². The van der Waals surface area contributed by atoms with Gasteiger partial charge in [0.15, 0.2) is 0 Å². The Morgan fingerprint density at radius 2 is 1.85 bits per heavy atom. The van der Waals surface area contributed by atoms with Crippen LogP contribution in [0.3, 0.4) is 0 Å². The van der Waals surface area contributed by atoms with Crippen molar-refractivity contribution < 1.29 is 5.11 Å². The average molecular weight is 267 g/mol. The number of hydrogen-bond acceptors (Lipinski definition) is 4. The fourth-order valence-electron chi connectivity index (χ4n) is 2.04. The highest BCUT2D eigenvalue weighted by Gasteiger charge is 2.11. The molecule has 4 nitrogen and oxygen atoms in total. The van der Waals surface area contributed by atoms with Gasteiger partial charge in [0.25, 0.3) is 0 Å². The molecule has 2 aromatic rings. The zero-order chi connectivity index (χ0) is 14.4. The summed E-state index contributed by atoms with van der Waals surface area (Å²) in [6.45, 7) is 1.30. The number of nitrogens with zero attached hydrogens (tertiary/aromatic N) is 3. The summed E-state index contributed by atoms with van der Waals surface area (Å²) < 4.78 is 0. The number of nitriles is 1. The van der Waals surface area contributed by atoms with Crippen molar-refractivity contribution in [2.75, 3.05) is 13.6 Å². The second-order valence-electron chi connectivity index (χ2n) is 4.80. The molecule has 1 N–H and O–H groups in total. The van der Waals surface area contributed by atoms with Crippen LogP contribution in [-0.2, 0) is 6.54 Å². The van der Waals surface area contributed by atoms with Crippen LogP contribution in [-0.4, -0.2) is 28.6 Å². The highest BCUT2D eigenvalue weighted by atomic mass is 16.3. The lowest BCUT2D eigenvalue weighted by molar-refractivity contribution is 0.124. The normalized spacial score (nSPS) is 12.1. The first kappa shape index (κ1) is 14.2. The molecule has 0 aliphatic carbocycles. The largest absolute Gasteiger partial charge is 0.387 e. The smallest absolute Gasteiger partial charge is 0.0991 e.